The largest absolute Gasteiger partial charge is 0.477 e. The molecule has 2 atom stereocenters. The molecule has 1 heterocycles. The first-order valence-electron chi connectivity index (χ1n) is 6.34. The van der Waals surface area contributed by atoms with Gasteiger partial charge in [-0.2, -0.15) is 0 Å². The Morgan fingerprint density at radius 2 is 2.35 bits per heavy atom. The summed E-state index contributed by atoms with van der Waals surface area (Å²) in [5.74, 6) is 2.46. The van der Waals surface area contributed by atoms with Crippen LogP contribution in [0.2, 0.25) is 0 Å². The minimum absolute atomic E-state index is 0.149. The van der Waals surface area contributed by atoms with Crippen molar-refractivity contribution in [1.82, 2.24) is 9.97 Å². The molecular weight excluding hydrogens is 216 g/mol. The molecule has 1 saturated carbocycles. The highest BCUT2D eigenvalue weighted by molar-refractivity contribution is 5.08. The van der Waals surface area contributed by atoms with Crippen LogP contribution in [0, 0.1) is 18.8 Å². The van der Waals surface area contributed by atoms with Crippen molar-refractivity contribution in [3.05, 3.63) is 22.2 Å². The van der Waals surface area contributed by atoms with Crippen LogP contribution < -0.4 is 10.3 Å². The quantitative estimate of drug-likeness (QED) is 0.876. The van der Waals surface area contributed by atoms with Crippen LogP contribution in [0.25, 0.3) is 0 Å². The molecule has 1 aliphatic carbocycles. The number of nitrogens with one attached hydrogen (secondary N) is 1. The van der Waals surface area contributed by atoms with E-state index in [4.69, 9.17) is 4.74 Å². The summed E-state index contributed by atoms with van der Waals surface area (Å²) in [6.45, 7) is 4.74. The molecule has 0 bridgehead atoms. The number of rotatable bonds is 3. The summed E-state index contributed by atoms with van der Waals surface area (Å²) >= 11 is 0. The van der Waals surface area contributed by atoms with Gasteiger partial charge in [-0.3, -0.25) is 4.79 Å². The zero-order valence-corrected chi connectivity index (χ0v) is 10.5. The van der Waals surface area contributed by atoms with E-state index in [1.807, 2.05) is 0 Å². The number of aryl methyl sites for hydroxylation is 1. The Balaban J connectivity index is 1.90. The van der Waals surface area contributed by atoms with E-state index in [1.54, 1.807) is 6.92 Å². The molecule has 0 radical (unpaired) electrons. The summed E-state index contributed by atoms with van der Waals surface area (Å²) in [4.78, 5) is 18.0. The normalized spacial score (nSPS) is 24.6. The van der Waals surface area contributed by atoms with Crippen molar-refractivity contribution < 1.29 is 4.74 Å². The SMILES string of the molecule is Cc1nc(OCC2CCCC(C)C2)cc(=O)[nH]1. The minimum atomic E-state index is -0.149. The first-order valence-corrected chi connectivity index (χ1v) is 6.34. The van der Waals surface area contributed by atoms with Gasteiger partial charge in [-0.1, -0.05) is 19.8 Å². The van der Waals surface area contributed by atoms with Crippen molar-refractivity contribution in [2.75, 3.05) is 6.61 Å². The molecule has 4 heteroatoms. The highest BCUT2D eigenvalue weighted by Gasteiger charge is 2.19. The molecule has 1 aromatic heterocycles. The van der Waals surface area contributed by atoms with Gasteiger partial charge >= 0.3 is 0 Å². The smallest absolute Gasteiger partial charge is 0.254 e. The molecule has 0 saturated heterocycles. The third-order valence-electron chi connectivity index (χ3n) is 3.35. The van der Waals surface area contributed by atoms with Crippen molar-refractivity contribution in [2.24, 2.45) is 11.8 Å². The number of aromatic amines is 1. The highest BCUT2D eigenvalue weighted by atomic mass is 16.5. The fourth-order valence-corrected chi connectivity index (χ4v) is 2.54. The molecule has 1 aliphatic rings. The van der Waals surface area contributed by atoms with E-state index in [-0.39, 0.29) is 5.56 Å². The molecule has 0 aliphatic heterocycles. The van der Waals surface area contributed by atoms with Crippen molar-refractivity contribution in [2.45, 2.75) is 39.5 Å². The number of H-pyrrole nitrogens is 1. The average molecular weight is 236 g/mol. The van der Waals surface area contributed by atoms with E-state index in [9.17, 15) is 4.79 Å². The lowest BCUT2D eigenvalue weighted by Gasteiger charge is -2.26. The summed E-state index contributed by atoms with van der Waals surface area (Å²) in [6.07, 6.45) is 5.07. The van der Waals surface area contributed by atoms with Crippen LogP contribution in [-0.2, 0) is 0 Å². The maximum atomic E-state index is 11.2. The zero-order chi connectivity index (χ0) is 12.3. The molecule has 94 valence electrons. The summed E-state index contributed by atoms with van der Waals surface area (Å²) < 4.78 is 5.62. The Morgan fingerprint density at radius 3 is 3.06 bits per heavy atom. The standard InChI is InChI=1S/C13H20N2O2/c1-9-4-3-5-11(6-9)8-17-13-7-12(16)14-10(2)15-13/h7,9,11H,3-6,8H2,1-2H3,(H,14,15,16). The molecule has 0 spiro atoms. The van der Waals surface area contributed by atoms with Crippen molar-refractivity contribution in [3.8, 4) is 5.88 Å². The maximum Gasteiger partial charge on any atom is 0.254 e. The van der Waals surface area contributed by atoms with E-state index in [1.165, 1.54) is 31.7 Å². The molecule has 1 N–H and O–H groups in total. The number of aromatic nitrogens is 2. The number of ether oxygens (including phenoxy) is 1. The van der Waals surface area contributed by atoms with Crippen LogP contribution in [0.1, 0.15) is 38.4 Å². The molecule has 2 rings (SSSR count). The topological polar surface area (TPSA) is 55.0 Å². The first kappa shape index (κ1) is 12.1. The van der Waals surface area contributed by atoms with Gasteiger partial charge in [0.15, 0.2) is 0 Å². The second-order valence-electron chi connectivity index (χ2n) is 5.12. The second-order valence-corrected chi connectivity index (χ2v) is 5.12. The highest BCUT2D eigenvalue weighted by Crippen LogP contribution is 2.28. The molecule has 17 heavy (non-hydrogen) atoms. The lowest BCUT2D eigenvalue weighted by atomic mass is 9.83. The van der Waals surface area contributed by atoms with Crippen molar-refractivity contribution in [1.29, 1.82) is 0 Å². The van der Waals surface area contributed by atoms with Crippen LogP contribution in [0.5, 0.6) is 5.88 Å². The van der Waals surface area contributed by atoms with E-state index in [2.05, 4.69) is 16.9 Å². The average Bonchev–Trinajstić information content (AvgIpc) is 2.25. The Labute approximate surface area is 101 Å². The van der Waals surface area contributed by atoms with Crippen LogP contribution in [0.4, 0.5) is 0 Å². The molecule has 0 aromatic carbocycles. The van der Waals surface area contributed by atoms with Gasteiger partial charge in [-0.25, -0.2) is 4.98 Å². The van der Waals surface area contributed by atoms with Crippen LogP contribution >= 0.6 is 0 Å². The summed E-state index contributed by atoms with van der Waals surface area (Å²) in [5.41, 5.74) is -0.149. The van der Waals surface area contributed by atoms with Crippen molar-refractivity contribution >= 4 is 0 Å². The number of hydrogen-bond acceptors (Lipinski definition) is 3. The van der Waals surface area contributed by atoms with E-state index < -0.39 is 0 Å². The molecule has 1 aromatic rings. The third kappa shape index (κ3) is 3.58. The molecule has 4 nitrogen and oxygen atoms in total. The van der Waals surface area contributed by atoms with Gasteiger partial charge in [0.05, 0.1) is 12.7 Å². The monoisotopic (exact) mass is 236 g/mol. The number of nitrogens with zero attached hydrogens (tertiary/aromatic N) is 1. The van der Waals surface area contributed by atoms with Gasteiger partial charge in [0.2, 0.25) is 5.88 Å². The maximum absolute atomic E-state index is 11.2. The van der Waals surface area contributed by atoms with E-state index >= 15 is 0 Å². The Bertz CT molecular complexity index is 428. The Hall–Kier alpha value is -1.32. The molecule has 2 unspecified atom stereocenters. The number of hydrogen-bond donors (Lipinski definition) is 1. The van der Waals surface area contributed by atoms with Gasteiger partial charge in [-0.05, 0) is 31.6 Å². The van der Waals surface area contributed by atoms with Crippen molar-refractivity contribution in [3.63, 3.8) is 0 Å². The Morgan fingerprint density at radius 1 is 1.53 bits per heavy atom. The predicted octanol–water partition coefficient (Wildman–Crippen LogP) is 2.28. The van der Waals surface area contributed by atoms with Gasteiger partial charge in [-0.15, -0.1) is 0 Å². The van der Waals surface area contributed by atoms with Gasteiger partial charge < -0.3 is 9.72 Å². The van der Waals surface area contributed by atoms with Crippen LogP contribution in [0.15, 0.2) is 10.9 Å². The van der Waals surface area contributed by atoms with Gasteiger partial charge in [0, 0.05) is 0 Å². The lowest BCUT2D eigenvalue weighted by Crippen LogP contribution is -2.20. The fourth-order valence-electron chi connectivity index (χ4n) is 2.54. The zero-order valence-electron chi connectivity index (χ0n) is 10.5. The first-order chi connectivity index (χ1) is 8.13. The van der Waals surface area contributed by atoms with Crippen LogP contribution in [-0.4, -0.2) is 16.6 Å². The minimum Gasteiger partial charge on any atom is -0.477 e. The van der Waals surface area contributed by atoms with E-state index in [0.29, 0.717) is 24.2 Å². The predicted molar refractivity (Wildman–Crippen MR) is 66.2 cm³/mol. The van der Waals surface area contributed by atoms with Gasteiger partial charge in [0.1, 0.15) is 5.82 Å². The molecular formula is C13H20N2O2. The van der Waals surface area contributed by atoms with E-state index in [0.717, 1.165) is 5.92 Å². The fraction of sp³-hybridized carbons (Fsp3) is 0.692. The Kier molecular flexibility index (Phi) is 3.82. The molecule has 1 fully saturated rings. The second kappa shape index (κ2) is 5.34. The molecule has 0 amide bonds. The van der Waals surface area contributed by atoms with Crippen LogP contribution in [0.3, 0.4) is 0 Å². The lowest BCUT2D eigenvalue weighted by molar-refractivity contribution is 0.177. The third-order valence-corrected chi connectivity index (χ3v) is 3.35. The van der Waals surface area contributed by atoms with Gasteiger partial charge in [0.25, 0.3) is 5.56 Å². The summed E-state index contributed by atoms with van der Waals surface area (Å²) in [7, 11) is 0. The summed E-state index contributed by atoms with van der Waals surface area (Å²) in [5, 5.41) is 0. The summed E-state index contributed by atoms with van der Waals surface area (Å²) in [6, 6.07) is 1.42.